The number of hydrogen-bond acceptors (Lipinski definition) is 2. The Bertz CT molecular complexity index is 820. The lowest BCUT2D eigenvalue weighted by Crippen LogP contribution is -1.97. The van der Waals surface area contributed by atoms with E-state index in [-0.39, 0.29) is 0 Å². The Morgan fingerprint density at radius 3 is 2.45 bits per heavy atom. The van der Waals surface area contributed by atoms with Gasteiger partial charge in [0.2, 0.25) is 0 Å². The van der Waals surface area contributed by atoms with Crippen LogP contribution in [-0.2, 0) is 6.42 Å². The van der Waals surface area contributed by atoms with Gasteiger partial charge in [0.15, 0.2) is 6.29 Å². The molecular formula is C20H18O2. The van der Waals surface area contributed by atoms with Crippen LogP contribution in [0, 0.1) is 0 Å². The zero-order chi connectivity index (χ0) is 15.5. The Morgan fingerprint density at radius 1 is 1.05 bits per heavy atom. The van der Waals surface area contributed by atoms with Crippen molar-refractivity contribution >= 4 is 17.1 Å². The van der Waals surface area contributed by atoms with E-state index in [1.165, 1.54) is 5.56 Å². The molecule has 3 aromatic rings. The number of methoxy groups -OCH3 is 1. The van der Waals surface area contributed by atoms with Crippen LogP contribution in [-0.4, -0.2) is 13.4 Å². The van der Waals surface area contributed by atoms with Crippen LogP contribution in [0.3, 0.4) is 0 Å². The van der Waals surface area contributed by atoms with Crippen LogP contribution in [0.1, 0.15) is 22.8 Å². The standard InChI is InChI=1S/C20H18O2/c1-3-14-11-16-12-17(22-2)9-10-18(16)19(13-21)20(14)15-7-5-4-6-8-15/h4-13H,3H2,1-2H3. The average Bonchev–Trinajstić information content (AvgIpc) is 2.60. The number of aldehydes is 1. The predicted molar refractivity (Wildman–Crippen MR) is 90.7 cm³/mol. The lowest BCUT2D eigenvalue weighted by Gasteiger charge is -2.15. The third-order valence-electron chi connectivity index (χ3n) is 4.03. The normalized spacial score (nSPS) is 10.6. The first-order valence-corrected chi connectivity index (χ1v) is 7.42. The van der Waals surface area contributed by atoms with Crippen molar-refractivity contribution in [3.8, 4) is 16.9 Å². The van der Waals surface area contributed by atoms with E-state index in [1.54, 1.807) is 7.11 Å². The number of aryl methyl sites for hydroxylation is 1. The smallest absolute Gasteiger partial charge is 0.151 e. The number of carbonyl (C=O) groups is 1. The molecule has 110 valence electrons. The van der Waals surface area contributed by atoms with E-state index in [2.05, 4.69) is 25.1 Å². The molecular weight excluding hydrogens is 272 g/mol. The van der Waals surface area contributed by atoms with Gasteiger partial charge in [0.1, 0.15) is 5.75 Å². The summed E-state index contributed by atoms with van der Waals surface area (Å²) in [6.07, 6.45) is 1.84. The molecule has 0 saturated carbocycles. The fourth-order valence-corrected chi connectivity index (χ4v) is 2.95. The zero-order valence-corrected chi connectivity index (χ0v) is 12.8. The highest BCUT2D eigenvalue weighted by Gasteiger charge is 2.14. The summed E-state index contributed by atoms with van der Waals surface area (Å²) >= 11 is 0. The maximum Gasteiger partial charge on any atom is 0.151 e. The Kier molecular flexibility index (Phi) is 3.92. The maximum atomic E-state index is 11.8. The Morgan fingerprint density at radius 2 is 1.82 bits per heavy atom. The highest BCUT2D eigenvalue weighted by Crippen LogP contribution is 2.34. The monoisotopic (exact) mass is 290 g/mol. The van der Waals surface area contributed by atoms with Crippen LogP contribution < -0.4 is 4.74 Å². The highest BCUT2D eigenvalue weighted by atomic mass is 16.5. The molecule has 0 aromatic heterocycles. The Balaban J connectivity index is 2.38. The molecule has 2 nitrogen and oxygen atoms in total. The number of benzene rings is 3. The molecule has 0 spiro atoms. The van der Waals surface area contributed by atoms with Gasteiger partial charge in [-0.05, 0) is 52.1 Å². The minimum absolute atomic E-state index is 0.753. The average molecular weight is 290 g/mol. The fourth-order valence-electron chi connectivity index (χ4n) is 2.95. The summed E-state index contributed by atoms with van der Waals surface area (Å²) < 4.78 is 5.30. The van der Waals surface area contributed by atoms with Crippen LogP contribution >= 0.6 is 0 Å². The summed E-state index contributed by atoms with van der Waals surface area (Å²) in [5, 5.41) is 2.00. The molecule has 3 rings (SSSR count). The molecule has 22 heavy (non-hydrogen) atoms. The quantitative estimate of drug-likeness (QED) is 0.639. The van der Waals surface area contributed by atoms with Crippen LogP contribution in [0.25, 0.3) is 21.9 Å². The third kappa shape index (κ3) is 2.37. The van der Waals surface area contributed by atoms with Gasteiger partial charge in [-0.15, -0.1) is 0 Å². The van der Waals surface area contributed by atoms with E-state index in [9.17, 15) is 4.79 Å². The van der Waals surface area contributed by atoms with Gasteiger partial charge in [-0.25, -0.2) is 0 Å². The number of hydrogen-bond donors (Lipinski definition) is 0. The minimum atomic E-state index is 0.753. The van der Waals surface area contributed by atoms with E-state index >= 15 is 0 Å². The lowest BCUT2D eigenvalue weighted by molar-refractivity contribution is 0.112. The van der Waals surface area contributed by atoms with Gasteiger partial charge in [0, 0.05) is 5.56 Å². The van der Waals surface area contributed by atoms with Crippen molar-refractivity contribution in [1.82, 2.24) is 0 Å². The third-order valence-corrected chi connectivity index (χ3v) is 4.03. The molecule has 0 fully saturated rings. The molecule has 0 N–H and O–H groups in total. The largest absolute Gasteiger partial charge is 0.497 e. The van der Waals surface area contributed by atoms with Crippen molar-refractivity contribution in [1.29, 1.82) is 0 Å². The van der Waals surface area contributed by atoms with Gasteiger partial charge in [-0.1, -0.05) is 43.3 Å². The molecule has 0 heterocycles. The lowest BCUT2D eigenvalue weighted by atomic mass is 9.89. The van der Waals surface area contributed by atoms with Gasteiger partial charge in [0.25, 0.3) is 0 Å². The summed E-state index contributed by atoms with van der Waals surface area (Å²) in [6.45, 7) is 2.11. The first-order chi connectivity index (χ1) is 10.8. The first kappa shape index (κ1) is 14.3. The van der Waals surface area contributed by atoms with Crippen molar-refractivity contribution in [2.45, 2.75) is 13.3 Å². The molecule has 0 amide bonds. The predicted octanol–water partition coefficient (Wildman–Crippen LogP) is 4.89. The molecule has 0 atom stereocenters. The van der Waals surface area contributed by atoms with Crippen LogP contribution in [0.4, 0.5) is 0 Å². The molecule has 0 aliphatic carbocycles. The molecule has 0 aliphatic rings. The second kappa shape index (κ2) is 6.02. The SMILES string of the molecule is CCc1cc2cc(OC)ccc2c(C=O)c1-c1ccccc1. The zero-order valence-electron chi connectivity index (χ0n) is 12.8. The molecule has 3 aromatic carbocycles. The second-order valence-corrected chi connectivity index (χ2v) is 5.25. The first-order valence-electron chi connectivity index (χ1n) is 7.42. The van der Waals surface area contributed by atoms with Gasteiger partial charge in [0.05, 0.1) is 7.11 Å². The van der Waals surface area contributed by atoms with Crippen molar-refractivity contribution < 1.29 is 9.53 Å². The van der Waals surface area contributed by atoms with Crippen molar-refractivity contribution in [2.75, 3.05) is 7.11 Å². The van der Waals surface area contributed by atoms with Crippen LogP contribution in [0.15, 0.2) is 54.6 Å². The van der Waals surface area contributed by atoms with Crippen molar-refractivity contribution in [3.63, 3.8) is 0 Å². The van der Waals surface area contributed by atoms with Gasteiger partial charge >= 0.3 is 0 Å². The molecule has 0 unspecified atom stereocenters. The summed E-state index contributed by atoms with van der Waals surface area (Å²) in [5.74, 6) is 0.805. The second-order valence-electron chi connectivity index (χ2n) is 5.25. The summed E-state index contributed by atoms with van der Waals surface area (Å²) in [5.41, 5.74) is 4.05. The summed E-state index contributed by atoms with van der Waals surface area (Å²) in [7, 11) is 1.65. The number of ether oxygens (including phenoxy) is 1. The van der Waals surface area contributed by atoms with E-state index in [0.717, 1.165) is 45.9 Å². The molecule has 2 heteroatoms. The molecule has 0 aliphatic heterocycles. The molecule has 0 radical (unpaired) electrons. The van der Waals surface area contributed by atoms with E-state index < -0.39 is 0 Å². The van der Waals surface area contributed by atoms with Crippen molar-refractivity contribution in [3.05, 3.63) is 65.7 Å². The van der Waals surface area contributed by atoms with E-state index in [0.29, 0.717) is 0 Å². The highest BCUT2D eigenvalue weighted by molar-refractivity contribution is 6.06. The summed E-state index contributed by atoms with van der Waals surface area (Å²) in [6, 6.07) is 18.1. The van der Waals surface area contributed by atoms with Crippen LogP contribution in [0.5, 0.6) is 5.75 Å². The van der Waals surface area contributed by atoms with E-state index in [4.69, 9.17) is 4.74 Å². The van der Waals surface area contributed by atoms with Gasteiger partial charge in [-0.3, -0.25) is 4.79 Å². The topological polar surface area (TPSA) is 26.3 Å². The molecule has 0 saturated heterocycles. The van der Waals surface area contributed by atoms with E-state index in [1.807, 2.05) is 36.4 Å². The minimum Gasteiger partial charge on any atom is -0.497 e. The Hall–Kier alpha value is -2.61. The number of fused-ring (bicyclic) bond motifs is 1. The van der Waals surface area contributed by atoms with Crippen molar-refractivity contribution in [2.24, 2.45) is 0 Å². The Labute approximate surface area is 130 Å². The summed E-state index contributed by atoms with van der Waals surface area (Å²) in [4.78, 5) is 11.8. The van der Waals surface area contributed by atoms with Crippen LogP contribution in [0.2, 0.25) is 0 Å². The van der Waals surface area contributed by atoms with Gasteiger partial charge in [-0.2, -0.15) is 0 Å². The maximum absolute atomic E-state index is 11.8. The molecule has 0 bridgehead atoms. The van der Waals surface area contributed by atoms with Gasteiger partial charge < -0.3 is 4.74 Å². The number of carbonyl (C=O) groups excluding carboxylic acids is 1. The fraction of sp³-hybridized carbons (Fsp3) is 0.150. The number of rotatable bonds is 4.